The molecule has 6 atom stereocenters. The molecule has 0 aromatic heterocycles. The number of carboxylic acid groups (broad SMARTS) is 1. The van der Waals surface area contributed by atoms with E-state index in [0.29, 0.717) is 6.42 Å². The molecule has 0 aromatic rings. The Kier molecular flexibility index (Phi) is 4.94. The van der Waals surface area contributed by atoms with Crippen molar-refractivity contribution in [3.8, 4) is 0 Å². The van der Waals surface area contributed by atoms with E-state index >= 15 is 0 Å². The highest BCUT2D eigenvalue weighted by Crippen LogP contribution is 2.30. The van der Waals surface area contributed by atoms with Gasteiger partial charge in [0, 0.05) is 12.4 Å². The minimum absolute atomic E-state index is 0.0947. The number of nitrogens with zero attached hydrogens (tertiary/aromatic N) is 2. The highest BCUT2D eigenvalue weighted by Gasteiger charge is 2.47. The van der Waals surface area contributed by atoms with Gasteiger partial charge in [0.2, 0.25) is 6.35 Å². The average molecular weight is 300 g/mol. The molecule has 118 valence electrons. The third-order valence-electron chi connectivity index (χ3n) is 3.82. The van der Waals surface area contributed by atoms with Gasteiger partial charge in [0.25, 0.3) is 0 Å². The summed E-state index contributed by atoms with van der Waals surface area (Å²) in [5.41, 5.74) is 0. The molecule has 8 nitrogen and oxygen atoms in total. The second-order valence-electron chi connectivity index (χ2n) is 5.16. The van der Waals surface area contributed by atoms with Crippen molar-refractivity contribution in [2.75, 3.05) is 0 Å². The first-order valence-corrected chi connectivity index (χ1v) is 6.85. The summed E-state index contributed by atoms with van der Waals surface area (Å²) in [7, 11) is 0. The van der Waals surface area contributed by atoms with Crippen LogP contribution in [0.3, 0.4) is 0 Å². The largest absolute Gasteiger partial charge is 0.481 e. The summed E-state index contributed by atoms with van der Waals surface area (Å²) in [6.07, 6.45) is -0.489. The van der Waals surface area contributed by atoms with Gasteiger partial charge in [-0.1, -0.05) is 6.92 Å². The molecule has 1 fully saturated rings. The van der Waals surface area contributed by atoms with Crippen LogP contribution in [0, 0.1) is 5.92 Å². The summed E-state index contributed by atoms with van der Waals surface area (Å²) >= 11 is 0. The number of ether oxygens (including phenoxy) is 1. The molecule has 2 aliphatic rings. The quantitative estimate of drug-likeness (QED) is 0.519. The number of carbonyl (C=O) groups is 1. The standard InChI is InChI=1S/C13H20N2O6/c1-2-7(12(18)19)6-8-9(16)10(17)11(21-8)15-5-3-4-14-13(15)20/h3-5,7-11,13,16-17,20H,2,6H2,1H3,(H,18,19)/t7?,8-,9-,10-,11-,13?/m1/s1. The SMILES string of the molecule is CCC(C[C@H]1O[C@@H](N2C=CC=NC2O)[C@H](O)[C@@H]1O)C(=O)O. The van der Waals surface area contributed by atoms with Crippen molar-refractivity contribution in [3.63, 3.8) is 0 Å². The summed E-state index contributed by atoms with van der Waals surface area (Å²) in [4.78, 5) is 16.1. The maximum Gasteiger partial charge on any atom is 0.306 e. The van der Waals surface area contributed by atoms with Gasteiger partial charge in [0.15, 0.2) is 6.23 Å². The second-order valence-corrected chi connectivity index (χ2v) is 5.16. The highest BCUT2D eigenvalue weighted by molar-refractivity contribution is 5.71. The topological polar surface area (TPSA) is 123 Å². The molecule has 0 spiro atoms. The molecule has 0 amide bonds. The maximum absolute atomic E-state index is 11.1. The third kappa shape index (κ3) is 3.24. The molecule has 2 rings (SSSR count). The van der Waals surface area contributed by atoms with Crippen molar-refractivity contribution >= 4 is 12.2 Å². The molecular formula is C13H20N2O6. The van der Waals surface area contributed by atoms with Gasteiger partial charge < -0.3 is 30.1 Å². The number of aliphatic imine (C=N–C) groups is 1. The van der Waals surface area contributed by atoms with Crippen molar-refractivity contribution in [3.05, 3.63) is 12.3 Å². The van der Waals surface area contributed by atoms with Crippen LogP contribution in [0.5, 0.6) is 0 Å². The Morgan fingerprint density at radius 3 is 2.67 bits per heavy atom. The van der Waals surface area contributed by atoms with Crippen LogP contribution in [0.25, 0.3) is 0 Å². The van der Waals surface area contributed by atoms with E-state index in [1.165, 1.54) is 17.3 Å². The Morgan fingerprint density at radius 1 is 1.38 bits per heavy atom. The molecule has 0 aromatic carbocycles. The molecule has 0 aliphatic carbocycles. The number of aliphatic hydroxyl groups is 3. The van der Waals surface area contributed by atoms with Crippen LogP contribution in [0.1, 0.15) is 19.8 Å². The lowest BCUT2D eigenvalue weighted by molar-refractivity contribution is -0.146. The Bertz CT molecular complexity index is 440. The van der Waals surface area contributed by atoms with Gasteiger partial charge in [0.05, 0.1) is 12.0 Å². The van der Waals surface area contributed by atoms with E-state index in [4.69, 9.17) is 9.84 Å². The van der Waals surface area contributed by atoms with Crippen LogP contribution in [-0.2, 0) is 9.53 Å². The monoisotopic (exact) mass is 300 g/mol. The lowest BCUT2D eigenvalue weighted by Gasteiger charge is -2.32. The predicted molar refractivity (Wildman–Crippen MR) is 72.2 cm³/mol. The first kappa shape index (κ1) is 15.9. The highest BCUT2D eigenvalue weighted by atomic mass is 16.6. The molecule has 2 heterocycles. The zero-order chi connectivity index (χ0) is 15.6. The van der Waals surface area contributed by atoms with Crippen molar-refractivity contribution < 1.29 is 30.0 Å². The van der Waals surface area contributed by atoms with Crippen molar-refractivity contribution in [2.24, 2.45) is 10.9 Å². The zero-order valence-electron chi connectivity index (χ0n) is 11.6. The molecule has 0 bridgehead atoms. The van der Waals surface area contributed by atoms with Crippen LogP contribution in [-0.4, -0.2) is 68.4 Å². The minimum atomic E-state index is -1.26. The van der Waals surface area contributed by atoms with Crippen LogP contribution >= 0.6 is 0 Å². The van der Waals surface area contributed by atoms with Crippen molar-refractivity contribution in [1.29, 1.82) is 0 Å². The number of allylic oxidation sites excluding steroid dienone is 1. The van der Waals surface area contributed by atoms with E-state index in [1.54, 1.807) is 13.0 Å². The number of hydrogen-bond donors (Lipinski definition) is 4. The molecule has 1 saturated heterocycles. The normalized spacial score (nSPS) is 37.0. The van der Waals surface area contributed by atoms with Gasteiger partial charge in [-0.15, -0.1) is 0 Å². The Balaban J connectivity index is 2.06. The molecule has 0 radical (unpaired) electrons. The number of carboxylic acids is 1. The Labute approximate surface area is 122 Å². The summed E-state index contributed by atoms with van der Waals surface area (Å²) in [6, 6.07) is 0. The van der Waals surface area contributed by atoms with Gasteiger partial charge >= 0.3 is 5.97 Å². The number of aliphatic carboxylic acids is 1. The van der Waals surface area contributed by atoms with Crippen LogP contribution in [0.4, 0.5) is 0 Å². The Hall–Kier alpha value is -1.48. The van der Waals surface area contributed by atoms with Crippen molar-refractivity contribution in [1.82, 2.24) is 4.90 Å². The first-order valence-electron chi connectivity index (χ1n) is 6.85. The third-order valence-corrected chi connectivity index (χ3v) is 3.82. The van der Waals surface area contributed by atoms with E-state index in [2.05, 4.69) is 4.99 Å². The minimum Gasteiger partial charge on any atom is -0.481 e. The molecule has 0 saturated carbocycles. The second kappa shape index (κ2) is 6.52. The van der Waals surface area contributed by atoms with Gasteiger partial charge in [-0.2, -0.15) is 0 Å². The summed E-state index contributed by atoms with van der Waals surface area (Å²) in [5, 5.41) is 38.9. The fourth-order valence-electron chi connectivity index (χ4n) is 2.53. The lowest BCUT2D eigenvalue weighted by atomic mass is 9.95. The summed E-state index contributed by atoms with van der Waals surface area (Å²) in [5.74, 6) is -1.62. The molecule has 21 heavy (non-hydrogen) atoms. The first-order chi connectivity index (χ1) is 9.95. The molecule has 2 aliphatic heterocycles. The summed E-state index contributed by atoms with van der Waals surface area (Å²) < 4.78 is 5.56. The van der Waals surface area contributed by atoms with E-state index < -0.39 is 42.8 Å². The van der Waals surface area contributed by atoms with Gasteiger partial charge in [0.1, 0.15) is 12.2 Å². The van der Waals surface area contributed by atoms with Crippen LogP contribution < -0.4 is 0 Å². The average Bonchev–Trinajstić information content (AvgIpc) is 2.73. The predicted octanol–water partition coefficient (Wildman–Crippen LogP) is -0.890. The van der Waals surface area contributed by atoms with E-state index in [0.717, 1.165) is 0 Å². The van der Waals surface area contributed by atoms with Gasteiger partial charge in [-0.3, -0.25) is 4.79 Å². The smallest absolute Gasteiger partial charge is 0.306 e. The van der Waals surface area contributed by atoms with Crippen LogP contribution in [0.15, 0.2) is 17.3 Å². The fraction of sp³-hybridized carbons (Fsp3) is 0.692. The maximum atomic E-state index is 11.1. The number of rotatable bonds is 5. The van der Waals surface area contributed by atoms with E-state index in [9.17, 15) is 20.1 Å². The molecule has 8 heteroatoms. The van der Waals surface area contributed by atoms with Gasteiger partial charge in [-0.25, -0.2) is 4.99 Å². The van der Waals surface area contributed by atoms with E-state index in [-0.39, 0.29) is 6.42 Å². The zero-order valence-corrected chi connectivity index (χ0v) is 11.6. The lowest BCUT2D eigenvalue weighted by Crippen LogP contribution is -2.46. The molecular weight excluding hydrogens is 280 g/mol. The van der Waals surface area contributed by atoms with E-state index in [1.807, 2.05) is 0 Å². The summed E-state index contributed by atoms with van der Waals surface area (Å²) in [6.45, 7) is 1.74. The molecule has 2 unspecified atom stereocenters. The molecule has 4 N–H and O–H groups in total. The number of aliphatic hydroxyl groups excluding tert-OH is 3. The van der Waals surface area contributed by atoms with Crippen molar-refractivity contribution in [2.45, 2.75) is 50.7 Å². The number of hydrogen-bond acceptors (Lipinski definition) is 7. The fourth-order valence-corrected chi connectivity index (χ4v) is 2.53. The Morgan fingerprint density at radius 2 is 2.10 bits per heavy atom. The van der Waals surface area contributed by atoms with Gasteiger partial charge in [-0.05, 0) is 18.9 Å². The van der Waals surface area contributed by atoms with Crippen LogP contribution in [0.2, 0.25) is 0 Å².